The molecule has 0 bridgehead atoms. The summed E-state index contributed by atoms with van der Waals surface area (Å²) < 4.78 is 0. The van der Waals surface area contributed by atoms with Gasteiger partial charge < -0.3 is 15.3 Å². The molecule has 0 saturated heterocycles. The molecule has 0 heterocycles. The summed E-state index contributed by atoms with van der Waals surface area (Å²) in [4.78, 5) is 0. The molecule has 0 spiro atoms. The maximum atomic E-state index is 8.72. The second-order valence-corrected chi connectivity index (χ2v) is 1.73. The Kier molecular flexibility index (Phi) is 3.77. The van der Waals surface area contributed by atoms with Gasteiger partial charge in [-0.25, -0.2) is 0 Å². The highest BCUT2D eigenvalue weighted by Gasteiger charge is 2.10. The maximum Gasteiger partial charge on any atom is 0.103 e. The highest BCUT2D eigenvalue weighted by Crippen LogP contribution is 1.95. The summed E-state index contributed by atoms with van der Waals surface area (Å²) in [6.45, 7) is 1.37. The van der Waals surface area contributed by atoms with Crippen molar-refractivity contribution < 1.29 is 15.3 Å². The zero-order valence-corrected chi connectivity index (χ0v) is 4.91. The number of hydrogen-bond donors (Lipinski definition) is 3. The Bertz CT molecular complexity index is 47.6. The van der Waals surface area contributed by atoms with E-state index in [1.165, 1.54) is 0 Å². The summed E-state index contributed by atoms with van der Waals surface area (Å²) in [7, 11) is 0. The number of aliphatic hydroxyl groups excluding tert-OH is 3. The molecule has 0 rings (SSSR count). The number of hydrogen-bond acceptors (Lipinski definition) is 3. The molecule has 0 aliphatic rings. The Balaban J connectivity index is 3.29. The average Bonchev–Trinajstić information content (AvgIpc) is 1.84. The van der Waals surface area contributed by atoms with E-state index in [0.717, 1.165) is 0 Å². The Morgan fingerprint density at radius 1 is 1.25 bits per heavy atom. The molecule has 0 amide bonds. The summed E-state index contributed by atoms with van der Waals surface area (Å²) in [6, 6.07) is 0. The summed E-state index contributed by atoms with van der Waals surface area (Å²) in [5.41, 5.74) is 0. The molecule has 3 heteroatoms. The number of rotatable bonds is 3. The fourth-order valence-corrected chi connectivity index (χ4v) is 0.394. The van der Waals surface area contributed by atoms with Gasteiger partial charge in [0.1, 0.15) is 6.10 Å². The normalized spacial score (nSPS) is 18.0. The Labute approximate surface area is 48.6 Å². The van der Waals surface area contributed by atoms with Crippen molar-refractivity contribution in [2.24, 2.45) is 0 Å². The van der Waals surface area contributed by atoms with Crippen molar-refractivity contribution in [1.82, 2.24) is 0 Å². The van der Waals surface area contributed by atoms with Gasteiger partial charge in [0.2, 0.25) is 0 Å². The van der Waals surface area contributed by atoms with Gasteiger partial charge in [0.05, 0.1) is 12.7 Å². The first kappa shape index (κ1) is 7.88. The SMILES string of the molecule is CC[C@H](O)[C@@H](O)CO. The monoisotopic (exact) mass is 120 g/mol. The molecule has 3 nitrogen and oxygen atoms in total. The molecule has 0 aromatic rings. The van der Waals surface area contributed by atoms with E-state index in [9.17, 15) is 0 Å². The van der Waals surface area contributed by atoms with Crippen LogP contribution in [0.25, 0.3) is 0 Å². The van der Waals surface area contributed by atoms with Crippen LogP contribution < -0.4 is 0 Å². The van der Waals surface area contributed by atoms with Gasteiger partial charge in [-0.05, 0) is 6.42 Å². The van der Waals surface area contributed by atoms with E-state index in [0.29, 0.717) is 6.42 Å². The summed E-state index contributed by atoms with van der Waals surface area (Å²) >= 11 is 0. The molecule has 0 aromatic carbocycles. The minimum absolute atomic E-state index is 0.366. The summed E-state index contributed by atoms with van der Waals surface area (Å²) in [6.07, 6.45) is -1.28. The molecule has 2 atom stereocenters. The highest BCUT2D eigenvalue weighted by molar-refractivity contribution is 4.62. The van der Waals surface area contributed by atoms with Crippen LogP contribution >= 0.6 is 0 Å². The minimum Gasteiger partial charge on any atom is -0.394 e. The third-order valence-corrected chi connectivity index (χ3v) is 1.05. The van der Waals surface area contributed by atoms with Crippen molar-refractivity contribution in [3.8, 4) is 0 Å². The van der Waals surface area contributed by atoms with Crippen molar-refractivity contribution in [3.63, 3.8) is 0 Å². The molecule has 0 aliphatic heterocycles. The van der Waals surface area contributed by atoms with Crippen LogP contribution in [0.2, 0.25) is 0 Å². The quantitative estimate of drug-likeness (QED) is 0.453. The fraction of sp³-hybridized carbons (Fsp3) is 1.00. The van der Waals surface area contributed by atoms with Crippen LogP contribution in [0.5, 0.6) is 0 Å². The second kappa shape index (κ2) is 3.83. The van der Waals surface area contributed by atoms with Crippen LogP contribution in [0.1, 0.15) is 13.3 Å². The molecule has 3 N–H and O–H groups in total. The van der Waals surface area contributed by atoms with E-state index in [-0.39, 0.29) is 6.61 Å². The molecule has 0 saturated carbocycles. The third-order valence-electron chi connectivity index (χ3n) is 1.05. The molecule has 8 heavy (non-hydrogen) atoms. The van der Waals surface area contributed by atoms with Crippen LogP contribution in [0.3, 0.4) is 0 Å². The van der Waals surface area contributed by atoms with Crippen molar-refractivity contribution in [1.29, 1.82) is 0 Å². The van der Waals surface area contributed by atoms with Crippen LogP contribution in [0.15, 0.2) is 0 Å². The molecule has 0 unspecified atom stereocenters. The molecule has 0 fully saturated rings. The van der Waals surface area contributed by atoms with Gasteiger partial charge in [-0.2, -0.15) is 0 Å². The van der Waals surface area contributed by atoms with Crippen molar-refractivity contribution in [2.75, 3.05) is 6.61 Å². The second-order valence-electron chi connectivity index (χ2n) is 1.73. The lowest BCUT2D eigenvalue weighted by atomic mass is 10.2. The van der Waals surface area contributed by atoms with E-state index >= 15 is 0 Å². The van der Waals surface area contributed by atoms with Gasteiger partial charge in [0.25, 0.3) is 0 Å². The van der Waals surface area contributed by atoms with Gasteiger partial charge in [0.15, 0.2) is 0 Å². The Morgan fingerprint density at radius 2 is 1.75 bits per heavy atom. The molecular formula is C5H12O3. The summed E-state index contributed by atoms with van der Waals surface area (Å²) in [5.74, 6) is 0. The Morgan fingerprint density at radius 3 is 1.88 bits per heavy atom. The molecule has 0 aliphatic carbocycles. The standard InChI is InChI=1S/C5H12O3/c1-2-4(7)5(8)3-6/h4-8H,2-3H2,1H3/t4-,5-/m0/s1. The lowest BCUT2D eigenvalue weighted by Gasteiger charge is -2.11. The van der Waals surface area contributed by atoms with Crippen molar-refractivity contribution >= 4 is 0 Å². The predicted octanol–water partition coefficient (Wildman–Crippen LogP) is -0.890. The largest absolute Gasteiger partial charge is 0.394 e. The van der Waals surface area contributed by atoms with E-state index < -0.39 is 12.2 Å². The first-order valence-electron chi connectivity index (χ1n) is 2.69. The fourth-order valence-electron chi connectivity index (χ4n) is 0.394. The molecule has 0 aromatic heterocycles. The zero-order chi connectivity index (χ0) is 6.57. The first-order chi connectivity index (χ1) is 3.72. The molecule has 0 radical (unpaired) electrons. The van der Waals surface area contributed by atoms with Crippen LogP contribution in [-0.4, -0.2) is 34.1 Å². The van der Waals surface area contributed by atoms with E-state index in [1.54, 1.807) is 6.92 Å². The van der Waals surface area contributed by atoms with Crippen LogP contribution in [-0.2, 0) is 0 Å². The lowest BCUT2D eigenvalue weighted by molar-refractivity contribution is -0.0151. The van der Waals surface area contributed by atoms with Crippen molar-refractivity contribution in [3.05, 3.63) is 0 Å². The number of aliphatic hydroxyl groups is 3. The summed E-state index contributed by atoms with van der Waals surface area (Å²) in [5, 5.41) is 25.6. The third kappa shape index (κ3) is 2.26. The lowest BCUT2D eigenvalue weighted by Crippen LogP contribution is -2.28. The van der Waals surface area contributed by atoms with Crippen LogP contribution in [0.4, 0.5) is 0 Å². The highest BCUT2D eigenvalue weighted by atomic mass is 16.4. The Hall–Kier alpha value is -0.120. The first-order valence-corrected chi connectivity index (χ1v) is 2.69. The van der Waals surface area contributed by atoms with E-state index in [4.69, 9.17) is 15.3 Å². The van der Waals surface area contributed by atoms with Crippen molar-refractivity contribution in [2.45, 2.75) is 25.6 Å². The molecule has 50 valence electrons. The van der Waals surface area contributed by atoms with Gasteiger partial charge in [-0.1, -0.05) is 6.92 Å². The topological polar surface area (TPSA) is 60.7 Å². The van der Waals surface area contributed by atoms with Crippen LogP contribution in [0, 0.1) is 0 Å². The predicted molar refractivity (Wildman–Crippen MR) is 29.4 cm³/mol. The van der Waals surface area contributed by atoms with Gasteiger partial charge >= 0.3 is 0 Å². The minimum atomic E-state index is -0.972. The van der Waals surface area contributed by atoms with Gasteiger partial charge in [-0.3, -0.25) is 0 Å². The van der Waals surface area contributed by atoms with E-state index in [2.05, 4.69) is 0 Å². The van der Waals surface area contributed by atoms with Gasteiger partial charge in [0, 0.05) is 0 Å². The molecular weight excluding hydrogens is 108 g/mol. The zero-order valence-electron chi connectivity index (χ0n) is 4.91. The van der Waals surface area contributed by atoms with E-state index in [1.807, 2.05) is 0 Å². The van der Waals surface area contributed by atoms with Gasteiger partial charge in [-0.15, -0.1) is 0 Å². The smallest absolute Gasteiger partial charge is 0.103 e. The maximum absolute atomic E-state index is 8.72. The average molecular weight is 120 g/mol.